The van der Waals surface area contributed by atoms with Crippen molar-refractivity contribution in [1.82, 2.24) is 14.9 Å². The number of nitrogens with zero attached hydrogens (tertiary/aromatic N) is 5. The molecule has 1 aromatic carbocycles. The molecule has 1 aliphatic heterocycles. The zero-order valence-electron chi connectivity index (χ0n) is 14.2. The Morgan fingerprint density at radius 2 is 1.96 bits per heavy atom. The maximum atomic E-state index is 11.7. The standard InChI is InChI=1S/C16H18Cl2N6O2/c1-2-22-6-8-23(9-7-22)16-14(24(25)26)15(19-10-20-16)21-12-5-3-4-11(17)13(12)18/h3-5,10H,2,6-9H2,1H3,(H,19,20,21). The Morgan fingerprint density at radius 1 is 1.23 bits per heavy atom. The molecule has 0 unspecified atom stereocenters. The van der Waals surface area contributed by atoms with Crippen LogP contribution in [0.3, 0.4) is 0 Å². The number of nitro groups is 1. The summed E-state index contributed by atoms with van der Waals surface area (Å²) in [5, 5.41) is 15.3. The van der Waals surface area contributed by atoms with Gasteiger partial charge in [-0.25, -0.2) is 9.97 Å². The third kappa shape index (κ3) is 3.82. The van der Waals surface area contributed by atoms with Crippen LogP contribution >= 0.6 is 23.2 Å². The van der Waals surface area contributed by atoms with Crippen molar-refractivity contribution >= 4 is 46.2 Å². The van der Waals surface area contributed by atoms with Crippen LogP contribution in [0.1, 0.15) is 6.92 Å². The first-order valence-corrected chi connectivity index (χ1v) is 8.94. The monoisotopic (exact) mass is 396 g/mol. The molecule has 0 aliphatic carbocycles. The van der Waals surface area contributed by atoms with Crippen LogP contribution < -0.4 is 10.2 Å². The molecule has 0 saturated carbocycles. The van der Waals surface area contributed by atoms with E-state index in [-0.39, 0.29) is 16.5 Å². The highest BCUT2D eigenvalue weighted by Gasteiger charge is 2.29. The fourth-order valence-corrected chi connectivity index (χ4v) is 3.21. The van der Waals surface area contributed by atoms with Crippen molar-refractivity contribution in [1.29, 1.82) is 0 Å². The summed E-state index contributed by atoms with van der Waals surface area (Å²) in [7, 11) is 0. The molecule has 2 aromatic rings. The number of rotatable bonds is 5. The molecular weight excluding hydrogens is 379 g/mol. The van der Waals surface area contributed by atoms with E-state index in [0.717, 1.165) is 19.6 Å². The van der Waals surface area contributed by atoms with Crippen molar-refractivity contribution in [2.24, 2.45) is 0 Å². The van der Waals surface area contributed by atoms with Crippen LogP contribution in [0, 0.1) is 10.1 Å². The molecule has 0 bridgehead atoms. The van der Waals surface area contributed by atoms with E-state index < -0.39 is 4.92 Å². The van der Waals surface area contributed by atoms with Crippen LogP contribution in [-0.4, -0.2) is 52.5 Å². The van der Waals surface area contributed by atoms with E-state index >= 15 is 0 Å². The number of hydrogen-bond donors (Lipinski definition) is 1. The minimum Gasteiger partial charge on any atom is -0.348 e. The Morgan fingerprint density at radius 3 is 2.62 bits per heavy atom. The second kappa shape index (κ2) is 8.03. The fourth-order valence-electron chi connectivity index (χ4n) is 2.86. The molecule has 3 rings (SSSR count). The molecule has 1 saturated heterocycles. The number of piperazine rings is 1. The van der Waals surface area contributed by atoms with Crippen LogP contribution in [0.15, 0.2) is 24.5 Å². The van der Waals surface area contributed by atoms with Crippen molar-refractivity contribution in [2.45, 2.75) is 6.92 Å². The fraction of sp³-hybridized carbons (Fsp3) is 0.375. The summed E-state index contributed by atoms with van der Waals surface area (Å²) < 4.78 is 0. The number of anilines is 3. The molecule has 1 aliphatic rings. The predicted molar refractivity (Wildman–Crippen MR) is 103 cm³/mol. The average Bonchev–Trinajstić information content (AvgIpc) is 2.65. The first-order chi connectivity index (χ1) is 12.5. The Bertz CT molecular complexity index is 811. The third-order valence-electron chi connectivity index (χ3n) is 4.31. The van der Waals surface area contributed by atoms with Gasteiger partial charge in [0.15, 0.2) is 0 Å². The number of halogens is 2. The lowest BCUT2D eigenvalue weighted by Gasteiger charge is -2.34. The van der Waals surface area contributed by atoms with Gasteiger partial charge in [-0.1, -0.05) is 36.2 Å². The highest BCUT2D eigenvalue weighted by molar-refractivity contribution is 6.43. The van der Waals surface area contributed by atoms with Gasteiger partial charge in [0.05, 0.1) is 20.7 Å². The van der Waals surface area contributed by atoms with Gasteiger partial charge in [-0.2, -0.15) is 0 Å². The van der Waals surface area contributed by atoms with Gasteiger partial charge in [0.25, 0.3) is 0 Å². The second-order valence-corrected chi connectivity index (χ2v) is 6.58. The molecule has 2 heterocycles. The zero-order valence-corrected chi connectivity index (χ0v) is 15.7. The van der Waals surface area contributed by atoms with Crippen molar-refractivity contribution in [3.8, 4) is 0 Å². The maximum absolute atomic E-state index is 11.7. The number of hydrogen-bond acceptors (Lipinski definition) is 7. The smallest absolute Gasteiger partial charge is 0.348 e. The molecular formula is C16H18Cl2N6O2. The predicted octanol–water partition coefficient (Wildman–Crippen LogP) is 3.58. The quantitative estimate of drug-likeness (QED) is 0.610. The van der Waals surface area contributed by atoms with Gasteiger partial charge in [-0.3, -0.25) is 10.1 Å². The molecule has 26 heavy (non-hydrogen) atoms. The average molecular weight is 397 g/mol. The van der Waals surface area contributed by atoms with Crippen molar-refractivity contribution in [2.75, 3.05) is 42.9 Å². The Kier molecular flexibility index (Phi) is 5.75. The van der Waals surface area contributed by atoms with Gasteiger partial charge in [-0.05, 0) is 18.7 Å². The van der Waals surface area contributed by atoms with E-state index in [0.29, 0.717) is 29.6 Å². The summed E-state index contributed by atoms with van der Waals surface area (Å²) in [6.07, 6.45) is 1.31. The van der Waals surface area contributed by atoms with Crippen LogP contribution in [0.5, 0.6) is 0 Å². The molecule has 8 nitrogen and oxygen atoms in total. The first kappa shape index (κ1) is 18.6. The third-order valence-corrected chi connectivity index (χ3v) is 5.13. The zero-order chi connectivity index (χ0) is 18.7. The summed E-state index contributed by atoms with van der Waals surface area (Å²) in [5.74, 6) is 0.392. The topological polar surface area (TPSA) is 87.4 Å². The molecule has 10 heteroatoms. The summed E-state index contributed by atoms with van der Waals surface area (Å²) >= 11 is 12.2. The van der Waals surface area contributed by atoms with E-state index in [2.05, 4.69) is 27.1 Å². The summed E-state index contributed by atoms with van der Waals surface area (Å²) in [5.41, 5.74) is 0.274. The minimum atomic E-state index is -0.470. The number of benzene rings is 1. The summed E-state index contributed by atoms with van der Waals surface area (Å²) in [4.78, 5) is 23.7. The largest absolute Gasteiger partial charge is 0.353 e. The first-order valence-electron chi connectivity index (χ1n) is 8.19. The number of likely N-dealkylation sites (N-methyl/N-ethyl adjacent to an activating group) is 1. The number of aromatic nitrogens is 2. The molecule has 0 radical (unpaired) electrons. The van der Waals surface area contributed by atoms with Gasteiger partial charge < -0.3 is 15.1 Å². The van der Waals surface area contributed by atoms with Gasteiger partial charge >= 0.3 is 5.69 Å². The van der Waals surface area contributed by atoms with Crippen molar-refractivity contribution < 1.29 is 4.92 Å². The highest BCUT2D eigenvalue weighted by Crippen LogP contribution is 2.37. The van der Waals surface area contributed by atoms with Crippen LogP contribution in [0.4, 0.5) is 23.0 Å². The normalized spacial score (nSPS) is 15.1. The van der Waals surface area contributed by atoms with E-state index in [1.54, 1.807) is 18.2 Å². The van der Waals surface area contributed by atoms with Gasteiger partial charge in [0, 0.05) is 26.2 Å². The lowest BCUT2D eigenvalue weighted by Crippen LogP contribution is -2.46. The molecule has 138 valence electrons. The Hall–Kier alpha value is -2.16. The molecule has 1 aromatic heterocycles. The SMILES string of the molecule is CCN1CCN(c2ncnc(Nc3cccc(Cl)c3Cl)c2[N+](=O)[O-])CC1. The Balaban J connectivity index is 1.94. The van der Waals surface area contributed by atoms with Crippen LogP contribution in [0.25, 0.3) is 0 Å². The summed E-state index contributed by atoms with van der Waals surface area (Å²) in [6.45, 7) is 6.06. The lowest BCUT2D eigenvalue weighted by atomic mass is 10.2. The van der Waals surface area contributed by atoms with E-state index in [1.165, 1.54) is 6.33 Å². The van der Waals surface area contributed by atoms with E-state index in [9.17, 15) is 10.1 Å². The summed E-state index contributed by atoms with van der Waals surface area (Å²) in [6, 6.07) is 5.02. The maximum Gasteiger partial charge on any atom is 0.353 e. The van der Waals surface area contributed by atoms with E-state index in [4.69, 9.17) is 23.2 Å². The lowest BCUT2D eigenvalue weighted by molar-refractivity contribution is -0.383. The highest BCUT2D eigenvalue weighted by atomic mass is 35.5. The van der Waals surface area contributed by atoms with Crippen molar-refractivity contribution in [3.63, 3.8) is 0 Å². The van der Waals surface area contributed by atoms with Crippen molar-refractivity contribution in [3.05, 3.63) is 44.7 Å². The van der Waals surface area contributed by atoms with Crippen LogP contribution in [0.2, 0.25) is 10.0 Å². The minimum absolute atomic E-state index is 0.0853. The Labute approximate surface area is 160 Å². The molecule has 1 fully saturated rings. The van der Waals surface area contributed by atoms with Gasteiger partial charge in [0.1, 0.15) is 6.33 Å². The molecule has 1 N–H and O–H groups in total. The molecule has 0 atom stereocenters. The van der Waals surface area contributed by atoms with E-state index in [1.807, 2.05) is 4.90 Å². The van der Waals surface area contributed by atoms with Crippen LogP contribution in [-0.2, 0) is 0 Å². The van der Waals surface area contributed by atoms with Gasteiger partial charge in [0.2, 0.25) is 11.6 Å². The second-order valence-electron chi connectivity index (χ2n) is 5.80. The molecule has 0 amide bonds. The number of nitrogens with one attached hydrogen (secondary N) is 1. The molecule has 0 spiro atoms. The van der Waals surface area contributed by atoms with Gasteiger partial charge in [-0.15, -0.1) is 0 Å².